The summed E-state index contributed by atoms with van der Waals surface area (Å²) in [6, 6.07) is 25.3. The maximum Gasteiger partial charge on any atom is 0.241 e. The van der Waals surface area contributed by atoms with Gasteiger partial charge in [-0.2, -0.15) is 0 Å². The lowest BCUT2D eigenvalue weighted by Crippen LogP contribution is -2.25. The minimum Gasteiger partial charge on any atom is -0.485 e. The van der Waals surface area contributed by atoms with Gasteiger partial charge in [0.1, 0.15) is 18.6 Å². The summed E-state index contributed by atoms with van der Waals surface area (Å²) in [4.78, 5) is 23.7. The van der Waals surface area contributed by atoms with Crippen molar-refractivity contribution >= 4 is 28.7 Å². The predicted octanol–water partition coefficient (Wildman–Crippen LogP) is 4.85. The van der Waals surface area contributed by atoms with Crippen LogP contribution >= 0.6 is 11.8 Å². The Labute approximate surface area is 202 Å². The Morgan fingerprint density at radius 2 is 1.47 bits per heavy atom. The molecule has 0 saturated heterocycles. The molecule has 0 fully saturated rings. The van der Waals surface area contributed by atoms with Gasteiger partial charge in [-0.05, 0) is 28.8 Å². The van der Waals surface area contributed by atoms with E-state index >= 15 is 0 Å². The summed E-state index contributed by atoms with van der Waals surface area (Å²) >= 11 is 1.29. The minimum atomic E-state index is -0.429. The molecule has 3 aromatic carbocycles. The molecule has 174 valence electrons. The first-order valence-corrected chi connectivity index (χ1v) is 11.7. The molecule has 0 aromatic heterocycles. The number of nitrogens with one attached hydrogen (secondary N) is 1. The first kappa shape index (κ1) is 23.4. The molecule has 0 aliphatic carbocycles. The highest BCUT2D eigenvalue weighted by atomic mass is 32.2. The van der Waals surface area contributed by atoms with E-state index in [2.05, 4.69) is 10.4 Å². The van der Waals surface area contributed by atoms with Crippen molar-refractivity contribution in [3.05, 3.63) is 95.6 Å². The number of hydrazone groups is 1. The molecule has 0 saturated carbocycles. The average Bonchev–Trinajstić information content (AvgIpc) is 3.26. The van der Waals surface area contributed by atoms with Crippen molar-refractivity contribution in [2.24, 2.45) is 5.10 Å². The van der Waals surface area contributed by atoms with Crippen molar-refractivity contribution in [1.29, 1.82) is 0 Å². The molecule has 34 heavy (non-hydrogen) atoms. The van der Waals surface area contributed by atoms with E-state index in [0.717, 1.165) is 16.7 Å². The first-order valence-electron chi connectivity index (χ1n) is 10.8. The van der Waals surface area contributed by atoms with Gasteiger partial charge in [0.15, 0.2) is 16.7 Å². The lowest BCUT2D eigenvalue weighted by Gasteiger charge is -2.21. The van der Waals surface area contributed by atoms with E-state index in [0.29, 0.717) is 29.9 Å². The number of hydrogen-bond donors (Lipinski definition) is 1. The van der Waals surface area contributed by atoms with Crippen LogP contribution in [0.3, 0.4) is 0 Å². The van der Waals surface area contributed by atoms with Gasteiger partial charge in [-0.15, -0.1) is 5.10 Å². The molecule has 1 aliphatic rings. The SMILES string of the molecule is CC(=O)NC1=NN(C(C)=O)[C@H](c2ccc(OCc3ccccc3)c(OCc3ccccc3)c2)S1. The molecule has 2 amide bonds. The summed E-state index contributed by atoms with van der Waals surface area (Å²) in [5, 5.41) is 8.24. The van der Waals surface area contributed by atoms with Crippen LogP contribution in [-0.4, -0.2) is 22.0 Å². The summed E-state index contributed by atoms with van der Waals surface area (Å²) in [5.74, 6) is 0.694. The summed E-state index contributed by atoms with van der Waals surface area (Å²) in [7, 11) is 0. The predicted molar refractivity (Wildman–Crippen MR) is 132 cm³/mol. The minimum absolute atomic E-state index is 0.228. The summed E-state index contributed by atoms with van der Waals surface area (Å²) < 4.78 is 12.2. The Kier molecular flexibility index (Phi) is 7.49. The number of carbonyl (C=O) groups excluding carboxylic acids is 2. The van der Waals surface area contributed by atoms with Crippen molar-refractivity contribution < 1.29 is 19.1 Å². The highest BCUT2D eigenvalue weighted by Gasteiger charge is 2.33. The quantitative estimate of drug-likeness (QED) is 0.529. The van der Waals surface area contributed by atoms with Gasteiger partial charge >= 0.3 is 0 Å². The molecule has 1 heterocycles. The molecule has 8 heteroatoms. The number of thioether (sulfide) groups is 1. The second-order valence-corrected chi connectivity index (χ2v) is 8.74. The van der Waals surface area contributed by atoms with E-state index in [1.54, 1.807) is 0 Å². The average molecular weight is 476 g/mol. The first-order chi connectivity index (χ1) is 16.5. The van der Waals surface area contributed by atoms with Crippen molar-refractivity contribution in [3.8, 4) is 11.5 Å². The normalized spacial score (nSPS) is 14.9. The second-order valence-electron chi connectivity index (χ2n) is 7.67. The molecule has 0 radical (unpaired) electrons. The summed E-state index contributed by atoms with van der Waals surface area (Å²) in [6.07, 6.45) is 0. The van der Waals surface area contributed by atoms with E-state index in [4.69, 9.17) is 9.47 Å². The summed E-state index contributed by atoms with van der Waals surface area (Å²) in [6.45, 7) is 3.62. The fourth-order valence-corrected chi connectivity index (χ4v) is 4.49. The van der Waals surface area contributed by atoms with Crippen LogP contribution in [0.2, 0.25) is 0 Å². The highest BCUT2D eigenvalue weighted by Crippen LogP contribution is 2.42. The smallest absolute Gasteiger partial charge is 0.241 e. The Bertz CT molecular complexity index is 1190. The van der Waals surface area contributed by atoms with Gasteiger partial charge in [-0.1, -0.05) is 78.5 Å². The highest BCUT2D eigenvalue weighted by molar-refractivity contribution is 8.14. The molecule has 0 bridgehead atoms. The molecule has 3 aromatic rings. The van der Waals surface area contributed by atoms with Crippen LogP contribution in [0.5, 0.6) is 11.5 Å². The number of nitrogens with zero attached hydrogens (tertiary/aromatic N) is 2. The largest absolute Gasteiger partial charge is 0.485 e. The zero-order valence-corrected chi connectivity index (χ0v) is 19.7. The molecule has 0 spiro atoms. The maximum absolute atomic E-state index is 12.2. The standard InChI is InChI=1S/C26H25N3O4S/c1-18(30)27-26-28-29(19(2)31)25(34-26)22-13-14-23(32-16-20-9-5-3-6-10-20)24(15-22)33-17-21-11-7-4-8-12-21/h3-15,25H,16-17H2,1-2H3,(H,27,28,30)/t25-/m0/s1. The van der Waals surface area contributed by atoms with Crippen LogP contribution in [-0.2, 0) is 22.8 Å². The maximum atomic E-state index is 12.2. The Morgan fingerprint density at radius 1 is 0.882 bits per heavy atom. The molecule has 0 unspecified atom stereocenters. The Hall–Kier alpha value is -3.78. The molecule has 7 nitrogen and oxygen atoms in total. The van der Waals surface area contributed by atoms with Gasteiger partial charge in [0.05, 0.1) is 0 Å². The van der Waals surface area contributed by atoms with Crippen LogP contribution in [0.25, 0.3) is 0 Å². The lowest BCUT2D eigenvalue weighted by molar-refractivity contribution is -0.129. The van der Waals surface area contributed by atoms with Gasteiger partial charge in [-0.25, -0.2) is 5.01 Å². The number of amidine groups is 1. The number of amides is 2. The van der Waals surface area contributed by atoms with E-state index < -0.39 is 5.37 Å². The number of carbonyl (C=O) groups is 2. The van der Waals surface area contributed by atoms with Gasteiger partial charge in [-0.3, -0.25) is 9.59 Å². The molecule has 1 N–H and O–H groups in total. The number of rotatable bonds is 7. The van der Waals surface area contributed by atoms with E-state index in [9.17, 15) is 9.59 Å². The van der Waals surface area contributed by atoms with Crippen LogP contribution < -0.4 is 14.8 Å². The number of hydrogen-bond acceptors (Lipinski definition) is 6. The van der Waals surface area contributed by atoms with Crippen molar-refractivity contribution in [3.63, 3.8) is 0 Å². The molecule has 1 aliphatic heterocycles. The third-order valence-corrected chi connectivity index (χ3v) is 6.08. The van der Waals surface area contributed by atoms with Crippen LogP contribution in [0.15, 0.2) is 84.0 Å². The Morgan fingerprint density at radius 3 is 2.03 bits per heavy atom. The molecule has 4 rings (SSSR count). The Balaban J connectivity index is 1.59. The number of ether oxygens (including phenoxy) is 2. The fraction of sp³-hybridized carbons (Fsp3) is 0.192. The van der Waals surface area contributed by atoms with Gasteiger partial charge in [0.25, 0.3) is 0 Å². The second kappa shape index (κ2) is 10.9. The third kappa shape index (κ3) is 5.96. The van der Waals surface area contributed by atoms with Gasteiger partial charge < -0.3 is 14.8 Å². The fourth-order valence-electron chi connectivity index (χ4n) is 3.36. The van der Waals surface area contributed by atoms with Gasteiger partial charge in [0.2, 0.25) is 11.8 Å². The zero-order valence-electron chi connectivity index (χ0n) is 18.9. The number of benzene rings is 3. The van der Waals surface area contributed by atoms with E-state index in [-0.39, 0.29) is 11.8 Å². The van der Waals surface area contributed by atoms with E-state index in [1.165, 1.54) is 30.6 Å². The van der Waals surface area contributed by atoms with Crippen molar-refractivity contribution in [1.82, 2.24) is 10.3 Å². The topological polar surface area (TPSA) is 80.2 Å². The lowest BCUT2D eigenvalue weighted by atomic mass is 10.2. The van der Waals surface area contributed by atoms with E-state index in [1.807, 2.05) is 78.9 Å². The van der Waals surface area contributed by atoms with Gasteiger partial charge in [0, 0.05) is 13.8 Å². The van der Waals surface area contributed by atoms with Crippen molar-refractivity contribution in [2.45, 2.75) is 32.4 Å². The third-order valence-electron chi connectivity index (χ3n) is 4.98. The van der Waals surface area contributed by atoms with Crippen LogP contribution in [0.4, 0.5) is 0 Å². The summed E-state index contributed by atoms with van der Waals surface area (Å²) in [5.41, 5.74) is 2.88. The van der Waals surface area contributed by atoms with Crippen LogP contribution in [0, 0.1) is 0 Å². The molecular formula is C26H25N3O4S. The zero-order chi connectivity index (χ0) is 23.9. The van der Waals surface area contributed by atoms with Crippen molar-refractivity contribution in [2.75, 3.05) is 0 Å². The molecular weight excluding hydrogens is 450 g/mol. The molecule has 1 atom stereocenters. The monoisotopic (exact) mass is 475 g/mol. The van der Waals surface area contributed by atoms with Crippen LogP contribution in [0.1, 0.15) is 35.9 Å².